The Kier molecular flexibility index (Phi) is 9.28. The van der Waals surface area contributed by atoms with Gasteiger partial charge in [0.05, 0.1) is 18.9 Å². The van der Waals surface area contributed by atoms with E-state index in [0.29, 0.717) is 24.7 Å². The second-order valence-electron chi connectivity index (χ2n) is 6.59. The molecule has 1 fully saturated rings. The number of hydrogen-bond acceptors (Lipinski definition) is 5. The first-order chi connectivity index (χ1) is 12.7. The van der Waals surface area contributed by atoms with E-state index in [2.05, 4.69) is 17.1 Å². The number of carbonyl (C=O) groups is 1. The summed E-state index contributed by atoms with van der Waals surface area (Å²) >= 11 is 0. The van der Waals surface area contributed by atoms with Gasteiger partial charge in [0.15, 0.2) is 6.23 Å². The summed E-state index contributed by atoms with van der Waals surface area (Å²) in [7, 11) is 1.62. The molecule has 1 N–H and O–H groups in total. The summed E-state index contributed by atoms with van der Waals surface area (Å²) in [5.41, 5.74) is 0.629. The fourth-order valence-corrected chi connectivity index (χ4v) is 3.06. The number of rotatable bonds is 10. The Morgan fingerprint density at radius 3 is 2.69 bits per heavy atom. The Labute approximate surface area is 156 Å². The van der Waals surface area contributed by atoms with E-state index in [1.165, 1.54) is 6.42 Å². The van der Waals surface area contributed by atoms with Gasteiger partial charge in [-0.3, -0.25) is 10.2 Å². The van der Waals surface area contributed by atoms with Crippen LogP contribution in [0.4, 0.5) is 10.5 Å². The maximum Gasteiger partial charge on any atom is 0.413 e. The largest absolute Gasteiger partial charge is 0.491 e. The highest BCUT2D eigenvalue weighted by Gasteiger charge is 2.24. The van der Waals surface area contributed by atoms with Crippen molar-refractivity contribution in [3.8, 4) is 5.75 Å². The molecule has 2 rings (SSSR count). The van der Waals surface area contributed by atoms with Crippen molar-refractivity contribution in [2.75, 3.05) is 38.7 Å². The van der Waals surface area contributed by atoms with Crippen molar-refractivity contribution < 1.29 is 19.0 Å². The van der Waals surface area contributed by atoms with Gasteiger partial charge in [0.2, 0.25) is 0 Å². The normalized spacial score (nSPS) is 16.1. The zero-order valence-electron chi connectivity index (χ0n) is 16.0. The topological polar surface area (TPSA) is 60.0 Å². The number of amides is 1. The average molecular weight is 364 g/mol. The van der Waals surface area contributed by atoms with Crippen LogP contribution in [0.3, 0.4) is 0 Å². The smallest absolute Gasteiger partial charge is 0.413 e. The van der Waals surface area contributed by atoms with E-state index in [0.717, 1.165) is 45.2 Å². The number of likely N-dealkylation sites (tertiary alicyclic amines) is 1. The van der Waals surface area contributed by atoms with Crippen LogP contribution in [0.1, 0.15) is 45.4 Å². The quantitative estimate of drug-likeness (QED) is 0.629. The highest BCUT2D eigenvalue weighted by atomic mass is 16.6. The summed E-state index contributed by atoms with van der Waals surface area (Å²) in [5, 5.41) is 2.81. The highest BCUT2D eigenvalue weighted by Crippen LogP contribution is 2.24. The number of hydrogen-bond donors (Lipinski definition) is 1. The summed E-state index contributed by atoms with van der Waals surface area (Å²) in [6.07, 6.45) is 5.91. The lowest BCUT2D eigenvalue weighted by atomic mass is 10.1. The molecule has 1 aromatic carbocycles. The SMILES string of the molecule is CCCCCOc1ccccc1NC(=O)OC(COC)N1CCCCC1. The lowest BCUT2D eigenvalue weighted by Gasteiger charge is -2.33. The molecular weight excluding hydrogens is 332 g/mol. The molecule has 1 amide bonds. The van der Waals surface area contributed by atoms with Crippen LogP contribution in [-0.4, -0.2) is 50.6 Å². The summed E-state index contributed by atoms with van der Waals surface area (Å²) in [6, 6.07) is 7.44. The van der Waals surface area contributed by atoms with Gasteiger partial charge >= 0.3 is 6.09 Å². The third kappa shape index (κ3) is 6.84. The maximum atomic E-state index is 12.4. The Balaban J connectivity index is 1.90. The molecule has 1 aliphatic rings. The van der Waals surface area contributed by atoms with Crippen LogP contribution in [0.5, 0.6) is 5.75 Å². The molecule has 0 spiro atoms. The van der Waals surface area contributed by atoms with Crippen LogP contribution in [0.15, 0.2) is 24.3 Å². The third-order valence-corrected chi connectivity index (χ3v) is 4.48. The van der Waals surface area contributed by atoms with E-state index in [1.54, 1.807) is 7.11 Å². The van der Waals surface area contributed by atoms with Gasteiger partial charge in [-0.15, -0.1) is 0 Å². The second-order valence-corrected chi connectivity index (χ2v) is 6.59. The number of para-hydroxylation sites is 2. The fourth-order valence-electron chi connectivity index (χ4n) is 3.06. The number of carbonyl (C=O) groups excluding carboxylic acids is 1. The number of ether oxygens (including phenoxy) is 3. The zero-order chi connectivity index (χ0) is 18.6. The molecule has 6 nitrogen and oxygen atoms in total. The Morgan fingerprint density at radius 1 is 1.19 bits per heavy atom. The Morgan fingerprint density at radius 2 is 1.96 bits per heavy atom. The molecule has 1 unspecified atom stereocenters. The van der Waals surface area contributed by atoms with E-state index in [1.807, 2.05) is 24.3 Å². The zero-order valence-corrected chi connectivity index (χ0v) is 16.0. The molecule has 1 aromatic rings. The lowest BCUT2D eigenvalue weighted by Crippen LogP contribution is -2.45. The van der Waals surface area contributed by atoms with Crippen molar-refractivity contribution in [1.82, 2.24) is 4.90 Å². The molecule has 1 heterocycles. The molecule has 6 heteroatoms. The first-order valence-electron chi connectivity index (χ1n) is 9.67. The Bertz CT molecular complexity index is 532. The molecule has 1 atom stereocenters. The molecule has 26 heavy (non-hydrogen) atoms. The van der Waals surface area contributed by atoms with Gasteiger partial charge in [0.25, 0.3) is 0 Å². The minimum absolute atomic E-state index is 0.363. The van der Waals surface area contributed by atoms with Crippen LogP contribution in [-0.2, 0) is 9.47 Å². The van der Waals surface area contributed by atoms with Crippen molar-refractivity contribution in [3.05, 3.63) is 24.3 Å². The summed E-state index contributed by atoms with van der Waals surface area (Å²) in [6.45, 7) is 5.02. The maximum absolute atomic E-state index is 12.4. The van der Waals surface area contributed by atoms with Gasteiger partial charge in [0, 0.05) is 20.2 Å². The summed E-state index contributed by atoms with van der Waals surface area (Å²) < 4.78 is 16.7. The number of benzene rings is 1. The van der Waals surface area contributed by atoms with Crippen molar-refractivity contribution in [1.29, 1.82) is 0 Å². The van der Waals surface area contributed by atoms with Gasteiger partial charge in [-0.1, -0.05) is 38.3 Å². The molecule has 146 valence electrons. The van der Waals surface area contributed by atoms with Crippen LogP contribution in [0.25, 0.3) is 0 Å². The van der Waals surface area contributed by atoms with Gasteiger partial charge < -0.3 is 14.2 Å². The third-order valence-electron chi connectivity index (χ3n) is 4.48. The monoisotopic (exact) mass is 364 g/mol. The predicted molar refractivity (Wildman–Crippen MR) is 103 cm³/mol. The van der Waals surface area contributed by atoms with E-state index in [-0.39, 0.29) is 6.23 Å². The molecule has 0 radical (unpaired) electrons. The molecule has 0 aliphatic carbocycles. The number of anilines is 1. The number of piperidine rings is 1. The van der Waals surface area contributed by atoms with Crippen molar-refractivity contribution in [3.63, 3.8) is 0 Å². The first kappa shape index (κ1) is 20.5. The molecule has 1 aliphatic heterocycles. The van der Waals surface area contributed by atoms with Crippen molar-refractivity contribution >= 4 is 11.8 Å². The van der Waals surface area contributed by atoms with E-state index < -0.39 is 6.09 Å². The standard InChI is InChI=1S/C20H32N2O4/c1-3-4-10-15-25-18-12-7-6-11-17(18)21-20(23)26-19(16-24-2)22-13-8-5-9-14-22/h6-7,11-12,19H,3-5,8-10,13-16H2,1-2H3,(H,21,23). The molecule has 1 saturated heterocycles. The number of nitrogens with zero attached hydrogens (tertiary/aromatic N) is 1. The number of nitrogens with one attached hydrogen (secondary N) is 1. The predicted octanol–water partition coefficient (Wildman–Crippen LogP) is 4.26. The van der Waals surface area contributed by atoms with Gasteiger partial charge in [-0.25, -0.2) is 4.79 Å². The van der Waals surface area contributed by atoms with Gasteiger partial charge in [0.1, 0.15) is 5.75 Å². The van der Waals surface area contributed by atoms with Crippen molar-refractivity contribution in [2.24, 2.45) is 0 Å². The fraction of sp³-hybridized carbons (Fsp3) is 0.650. The van der Waals surface area contributed by atoms with Gasteiger partial charge in [-0.05, 0) is 31.4 Å². The van der Waals surface area contributed by atoms with Crippen LogP contribution in [0.2, 0.25) is 0 Å². The Hall–Kier alpha value is -1.79. The first-order valence-corrected chi connectivity index (χ1v) is 9.67. The second kappa shape index (κ2) is 11.8. The highest BCUT2D eigenvalue weighted by molar-refractivity contribution is 5.86. The lowest BCUT2D eigenvalue weighted by molar-refractivity contribution is -0.0586. The minimum Gasteiger partial charge on any atom is -0.491 e. The van der Waals surface area contributed by atoms with Gasteiger partial charge in [-0.2, -0.15) is 0 Å². The number of unbranched alkanes of at least 4 members (excludes halogenated alkanes) is 2. The number of methoxy groups -OCH3 is 1. The minimum atomic E-state index is -0.484. The molecule has 0 bridgehead atoms. The van der Waals surface area contributed by atoms with E-state index in [4.69, 9.17) is 14.2 Å². The van der Waals surface area contributed by atoms with Crippen LogP contribution < -0.4 is 10.1 Å². The van der Waals surface area contributed by atoms with E-state index >= 15 is 0 Å². The van der Waals surface area contributed by atoms with E-state index in [9.17, 15) is 4.79 Å². The van der Waals surface area contributed by atoms with Crippen LogP contribution in [0, 0.1) is 0 Å². The summed E-state index contributed by atoms with van der Waals surface area (Å²) in [4.78, 5) is 14.6. The average Bonchev–Trinajstić information content (AvgIpc) is 2.67. The van der Waals surface area contributed by atoms with Crippen molar-refractivity contribution in [2.45, 2.75) is 51.7 Å². The summed E-state index contributed by atoms with van der Waals surface area (Å²) in [5.74, 6) is 0.668. The molecular formula is C20H32N2O4. The molecule has 0 saturated carbocycles. The molecule has 0 aromatic heterocycles. The van der Waals surface area contributed by atoms with Crippen LogP contribution >= 0.6 is 0 Å².